The molecular weight excluding hydrogens is 346 g/mol. The lowest BCUT2D eigenvalue weighted by molar-refractivity contribution is -0.385. The summed E-state index contributed by atoms with van der Waals surface area (Å²) in [5.74, 6) is -0.543. The van der Waals surface area contributed by atoms with Gasteiger partial charge in [0.15, 0.2) is 0 Å². The Balaban J connectivity index is 0.00000225. The van der Waals surface area contributed by atoms with E-state index >= 15 is 0 Å². The molecule has 3 rings (SSSR count). The number of carbonyl (C=O) groups is 1. The lowest BCUT2D eigenvalue weighted by Crippen LogP contribution is -2.24. The van der Waals surface area contributed by atoms with Crippen LogP contribution < -0.4 is 10.6 Å². The van der Waals surface area contributed by atoms with Gasteiger partial charge >= 0.3 is 5.69 Å². The maximum atomic E-state index is 12.3. The number of hydrogen-bond donors (Lipinski definition) is 3. The van der Waals surface area contributed by atoms with E-state index in [2.05, 4.69) is 20.8 Å². The number of aromatic amines is 1. The van der Waals surface area contributed by atoms with Crippen molar-refractivity contribution < 1.29 is 9.72 Å². The number of halogens is 1. The zero-order valence-electron chi connectivity index (χ0n) is 13.8. The molecule has 0 saturated carbocycles. The predicted octanol–water partition coefficient (Wildman–Crippen LogP) is 2.23. The van der Waals surface area contributed by atoms with E-state index in [1.54, 1.807) is 0 Å². The number of aryl methyl sites for hydroxylation is 1. The minimum Gasteiger partial charge on any atom is -0.346 e. The summed E-state index contributed by atoms with van der Waals surface area (Å²) in [6.45, 7) is 3.90. The van der Waals surface area contributed by atoms with Crippen molar-refractivity contribution in [3.05, 3.63) is 56.4 Å². The molecule has 0 unspecified atom stereocenters. The fourth-order valence-electron chi connectivity index (χ4n) is 2.88. The SMILES string of the molecule is CCCc1[nH]nc(C(=O)NCc2ccc3c(c2)CNC3)c1[N+](=O)[O-].Cl. The summed E-state index contributed by atoms with van der Waals surface area (Å²) in [6, 6.07) is 6.03. The number of benzene rings is 1. The highest BCUT2D eigenvalue weighted by atomic mass is 35.5. The average molecular weight is 366 g/mol. The zero-order chi connectivity index (χ0) is 17.1. The zero-order valence-corrected chi connectivity index (χ0v) is 14.6. The summed E-state index contributed by atoms with van der Waals surface area (Å²) >= 11 is 0. The largest absolute Gasteiger partial charge is 0.346 e. The number of amides is 1. The molecule has 2 aromatic rings. The van der Waals surface area contributed by atoms with Gasteiger partial charge < -0.3 is 10.6 Å². The molecule has 1 amide bonds. The van der Waals surface area contributed by atoms with Crippen molar-refractivity contribution in [2.24, 2.45) is 0 Å². The summed E-state index contributed by atoms with van der Waals surface area (Å²) in [6.07, 6.45) is 1.21. The van der Waals surface area contributed by atoms with Crippen LogP contribution in [0.3, 0.4) is 0 Å². The smallest absolute Gasteiger partial charge is 0.322 e. The van der Waals surface area contributed by atoms with Crippen LogP contribution in [-0.4, -0.2) is 21.0 Å². The first-order valence-electron chi connectivity index (χ1n) is 7.91. The molecule has 134 valence electrons. The summed E-state index contributed by atoms with van der Waals surface area (Å²) in [7, 11) is 0. The second-order valence-corrected chi connectivity index (χ2v) is 5.80. The molecule has 8 nitrogen and oxygen atoms in total. The van der Waals surface area contributed by atoms with Gasteiger partial charge in [-0.05, 0) is 23.1 Å². The Morgan fingerprint density at radius 1 is 1.36 bits per heavy atom. The van der Waals surface area contributed by atoms with Gasteiger partial charge in [0.2, 0.25) is 5.69 Å². The van der Waals surface area contributed by atoms with Crippen LogP contribution in [0.5, 0.6) is 0 Å². The molecule has 0 bridgehead atoms. The Hall–Kier alpha value is -2.45. The third-order valence-corrected chi connectivity index (χ3v) is 4.07. The highest BCUT2D eigenvalue weighted by Gasteiger charge is 2.28. The number of nitro groups is 1. The number of nitrogens with one attached hydrogen (secondary N) is 3. The number of H-pyrrole nitrogens is 1. The maximum Gasteiger partial charge on any atom is 0.322 e. The van der Waals surface area contributed by atoms with Crippen LogP contribution in [-0.2, 0) is 26.1 Å². The number of rotatable bonds is 6. The number of hydrogen-bond acceptors (Lipinski definition) is 5. The molecule has 3 N–H and O–H groups in total. The van der Waals surface area contributed by atoms with Crippen LogP contribution in [0.25, 0.3) is 0 Å². The van der Waals surface area contributed by atoms with E-state index in [4.69, 9.17) is 0 Å². The van der Waals surface area contributed by atoms with Crippen LogP contribution >= 0.6 is 12.4 Å². The first-order chi connectivity index (χ1) is 11.6. The van der Waals surface area contributed by atoms with Crippen LogP contribution in [0.15, 0.2) is 18.2 Å². The van der Waals surface area contributed by atoms with Gasteiger partial charge in [-0.3, -0.25) is 20.0 Å². The van der Waals surface area contributed by atoms with E-state index in [1.807, 2.05) is 25.1 Å². The van der Waals surface area contributed by atoms with Gasteiger partial charge in [-0.1, -0.05) is 31.5 Å². The molecule has 1 aromatic heterocycles. The van der Waals surface area contributed by atoms with E-state index in [0.29, 0.717) is 18.7 Å². The third-order valence-electron chi connectivity index (χ3n) is 4.07. The Morgan fingerprint density at radius 3 is 2.84 bits per heavy atom. The second-order valence-electron chi connectivity index (χ2n) is 5.80. The predicted molar refractivity (Wildman–Crippen MR) is 94.6 cm³/mol. The van der Waals surface area contributed by atoms with Gasteiger partial charge in [-0.2, -0.15) is 5.10 Å². The fraction of sp³-hybridized carbons (Fsp3) is 0.375. The highest BCUT2D eigenvalue weighted by molar-refractivity contribution is 5.96. The number of carbonyl (C=O) groups excluding carboxylic acids is 1. The quantitative estimate of drug-likeness (QED) is 0.536. The Morgan fingerprint density at radius 2 is 2.12 bits per heavy atom. The number of aromatic nitrogens is 2. The normalized spacial score (nSPS) is 12.4. The molecule has 1 aliphatic rings. The van der Waals surface area contributed by atoms with E-state index < -0.39 is 10.8 Å². The van der Waals surface area contributed by atoms with Gasteiger partial charge in [0.1, 0.15) is 5.69 Å². The first kappa shape index (κ1) is 18.9. The van der Waals surface area contributed by atoms with E-state index in [1.165, 1.54) is 11.1 Å². The Labute approximate surface area is 151 Å². The third kappa shape index (κ3) is 3.97. The number of fused-ring (bicyclic) bond motifs is 1. The van der Waals surface area contributed by atoms with Crippen LogP contribution in [0, 0.1) is 10.1 Å². The molecule has 25 heavy (non-hydrogen) atoms. The van der Waals surface area contributed by atoms with Crippen molar-refractivity contribution in [1.82, 2.24) is 20.8 Å². The Kier molecular flexibility index (Phi) is 6.11. The van der Waals surface area contributed by atoms with Crippen molar-refractivity contribution in [2.45, 2.75) is 39.4 Å². The second kappa shape index (κ2) is 8.09. The summed E-state index contributed by atoms with van der Waals surface area (Å²) in [4.78, 5) is 23.0. The van der Waals surface area contributed by atoms with Gasteiger partial charge in [-0.15, -0.1) is 12.4 Å². The molecule has 0 aliphatic carbocycles. The molecule has 2 heterocycles. The van der Waals surface area contributed by atoms with E-state index in [0.717, 1.165) is 25.1 Å². The fourth-order valence-corrected chi connectivity index (χ4v) is 2.88. The standard InChI is InChI=1S/C16H19N5O3.ClH/c1-2-3-13-15(21(23)24)14(20-19-13)16(22)18-7-10-4-5-11-8-17-9-12(11)6-10;/h4-6,17H,2-3,7-9H2,1H3,(H,18,22)(H,19,20);1H. The molecule has 0 spiro atoms. The lowest BCUT2D eigenvalue weighted by atomic mass is 10.1. The molecule has 1 aromatic carbocycles. The molecule has 0 atom stereocenters. The first-order valence-corrected chi connectivity index (χ1v) is 7.91. The number of nitrogens with zero attached hydrogens (tertiary/aromatic N) is 2. The molecule has 0 radical (unpaired) electrons. The maximum absolute atomic E-state index is 12.3. The van der Waals surface area contributed by atoms with Crippen molar-refractivity contribution in [1.29, 1.82) is 0 Å². The lowest BCUT2D eigenvalue weighted by Gasteiger charge is -2.06. The summed E-state index contributed by atoms with van der Waals surface area (Å²) in [5, 5.41) is 23.7. The van der Waals surface area contributed by atoms with Gasteiger partial charge in [0.25, 0.3) is 5.91 Å². The van der Waals surface area contributed by atoms with E-state index in [-0.39, 0.29) is 23.8 Å². The van der Waals surface area contributed by atoms with Crippen LogP contribution in [0.4, 0.5) is 5.69 Å². The van der Waals surface area contributed by atoms with Crippen molar-refractivity contribution in [2.75, 3.05) is 0 Å². The van der Waals surface area contributed by atoms with E-state index in [9.17, 15) is 14.9 Å². The summed E-state index contributed by atoms with van der Waals surface area (Å²) in [5.41, 5.74) is 3.43. The van der Waals surface area contributed by atoms with Crippen molar-refractivity contribution in [3.63, 3.8) is 0 Å². The van der Waals surface area contributed by atoms with Gasteiger partial charge in [0.05, 0.1) is 4.92 Å². The average Bonchev–Trinajstić information content (AvgIpc) is 3.18. The summed E-state index contributed by atoms with van der Waals surface area (Å²) < 4.78 is 0. The van der Waals surface area contributed by atoms with Crippen LogP contribution in [0.2, 0.25) is 0 Å². The minimum absolute atomic E-state index is 0. The molecule has 9 heteroatoms. The highest BCUT2D eigenvalue weighted by Crippen LogP contribution is 2.22. The molecular formula is C16H20ClN5O3. The topological polar surface area (TPSA) is 113 Å². The molecule has 0 fully saturated rings. The molecule has 0 saturated heterocycles. The minimum atomic E-state index is -0.551. The van der Waals surface area contributed by atoms with Gasteiger partial charge in [-0.25, -0.2) is 0 Å². The van der Waals surface area contributed by atoms with Crippen molar-refractivity contribution in [3.8, 4) is 0 Å². The Bertz CT molecular complexity index is 790. The van der Waals surface area contributed by atoms with Crippen molar-refractivity contribution >= 4 is 24.0 Å². The van der Waals surface area contributed by atoms with Crippen LogP contribution in [0.1, 0.15) is 46.2 Å². The monoisotopic (exact) mass is 365 g/mol. The van der Waals surface area contributed by atoms with Gasteiger partial charge in [0, 0.05) is 19.6 Å². The molecule has 1 aliphatic heterocycles.